The third-order valence-corrected chi connectivity index (χ3v) is 5.25. The summed E-state index contributed by atoms with van der Waals surface area (Å²) in [5, 5.41) is 9.90. The Morgan fingerprint density at radius 1 is 1.11 bits per heavy atom. The van der Waals surface area contributed by atoms with Gasteiger partial charge in [-0.2, -0.15) is 5.10 Å². The largest absolute Gasteiger partial charge is 0.347 e. The summed E-state index contributed by atoms with van der Waals surface area (Å²) in [6, 6.07) is 18.5. The zero-order chi connectivity index (χ0) is 19.3. The summed E-state index contributed by atoms with van der Waals surface area (Å²) in [7, 11) is 0. The van der Waals surface area contributed by atoms with E-state index in [1.165, 1.54) is 16.9 Å². The lowest BCUT2D eigenvalue weighted by Gasteiger charge is -2.11. The molecule has 0 fully saturated rings. The summed E-state index contributed by atoms with van der Waals surface area (Å²) in [6.45, 7) is 3.10. The number of nitrogens with zero attached hydrogens (tertiary/aromatic N) is 3. The van der Waals surface area contributed by atoms with Crippen molar-refractivity contribution < 1.29 is 4.79 Å². The number of carbonyl (C=O) groups excluding carboxylic acids is 1. The van der Waals surface area contributed by atoms with Crippen molar-refractivity contribution in [2.75, 3.05) is 0 Å². The first-order valence-corrected chi connectivity index (χ1v) is 9.92. The average molecular weight is 388 g/mol. The summed E-state index contributed by atoms with van der Waals surface area (Å²) in [6.07, 6.45) is 3.74. The van der Waals surface area contributed by atoms with Gasteiger partial charge in [0.05, 0.1) is 11.6 Å². The second-order valence-corrected chi connectivity index (χ2v) is 7.55. The van der Waals surface area contributed by atoms with Crippen molar-refractivity contribution in [1.82, 2.24) is 20.1 Å². The van der Waals surface area contributed by atoms with Crippen molar-refractivity contribution >= 4 is 17.2 Å². The SMILES string of the molecule is Cc1nc(C(=O)NCc2ccccc2-c2ccc(Cn3cccn3)cc2)cs1. The molecule has 1 amide bonds. The van der Waals surface area contributed by atoms with E-state index in [9.17, 15) is 4.79 Å². The molecule has 4 aromatic rings. The highest BCUT2D eigenvalue weighted by molar-refractivity contribution is 7.09. The number of carbonyl (C=O) groups is 1. The molecule has 0 radical (unpaired) electrons. The van der Waals surface area contributed by atoms with E-state index in [-0.39, 0.29) is 5.91 Å². The van der Waals surface area contributed by atoms with Crippen LogP contribution in [0.1, 0.15) is 26.6 Å². The number of nitrogens with one attached hydrogen (secondary N) is 1. The molecule has 4 rings (SSSR count). The lowest BCUT2D eigenvalue weighted by Crippen LogP contribution is -2.23. The van der Waals surface area contributed by atoms with Gasteiger partial charge in [0.2, 0.25) is 0 Å². The van der Waals surface area contributed by atoms with Crippen molar-refractivity contribution in [3.05, 3.63) is 94.2 Å². The van der Waals surface area contributed by atoms with Crippen LogP contribution >= 0.6 is 11.3 Å². The van der Waals surface area contributed by atoms with Crippen molar-refractivity contribution in [3.8, 4) is 11.1 Å². The van der Waals surface area contributed by atoms with Crippen molar-refractivity contribution in [1.29, 1.82) is 0 Å². The van der Waals surface area contributed by atoms with E-state index in [1.807, 2.05) is 42.1 Å². The maximum atomic E-state index is 12.3. The summed E-state index contributed by atoms with van der Waals surface area (Å²) < 4.78 is 1.90. The summed E-state index contributed by atoms with van der Waals surface area (Å²) in [4.78, 5) is 16.5. The number of aromatic nitrogens is 3. The van der Waals surface area contributed by atoms with Crippen LogP contribution in [0.25, 0.3) is 11.1 Å². The Hall–Kier alpha value is -3.25. The quantitative estimate of drug-likeness (QED) is 0.536. The van der Waals surface area contributed by atoms with Gasteiger partial charge in [0.25, 0.3) is 5.91 Å². The van der Waals surface area contributed by atoms with Crippen LogP contribution in [-0.2, 0) is 13.1 Å². The molecule has 0 atom stereocenters. The van der Waals surface area contributed by atoms with Gasteiger partial charge in [-0.1, -0.05) is 48.5 Å². The number of amides is 1. The molecular weight excluding hydrogens is 368 g/mol. The molecule has 0 bridgehead atoms. The van der Waals surface area contributed by atoms with Gasteiger partial charge in [0.15, 0.2) is 0 Å². The van der Waals surface area contributed by atoms with Crippen LogP contribution in [0, 0.1) is 6.92 Å². The zero-order valence-electron chi connectivity index (χ0n) is 15.5. The maximum Gasteiger partial charge on any atom is 0.271 e. The fraction of sp³-hybridized carbons (Fsp3) is 0.136. The Labute approximate surface area is 167 Å². The highest BCUT2D eigenvalue weighted by Crippen LogP contribution is 2.24. The van der Waals surface area contributed by atoms with Crippen LogP contribution in [0.2, 0.25) is 0 Å². The predicted octanol–water partition coefficient (Wildman–Crippen LogP) is 4.29. The molecule has 2 heterocycles. The zero-order valence-corrected chi connectivity index (χ0v) is 16.3. The van der Waals surface area contributed by atoms with Gasteiger partial charge < -0.3 is 5.32 Å². The van der Waals surface area contributed by atoms with E-state index in [0.29, 0.717) is 12.2 Å². The molecule has 28 heavy (non-hydrogen) atoms. The molecule has 0 aliphatic heterocycles. The van der Waals surface area contributed by atoms with E-state index in [2.05, 4.69) is 45.7 Å². The molecule has 0 saturated heterocycles. The van der Waals surface area contributed by atoms with Gasteiger partial charge in [-0.25, -0.2) is 4.98 Å². The number of benzene rings is 2. The Kier molecular flexibility index (Phi) is 5.30. The van der Waals surface area contributed by atoms with Crippen LogP contribution in [-0.4, -0.2) is 20.7 Å². The van der Waals surface area contributed by atoms with E-state index in [1.54, 1.807) is 11.6 Å². The second kappa shape index (κ2) is 8.19. The third kappa shape index (κ3) is 4.18. The van der Waals surface area contributed by atoms with Crippen LogP contribution in [0.5, 0.6) is 0 Å². The molecule has 2 aromatic heterocycles. The van der Waals surface area contributed by atoms with Gasteiger partial charge in [-0.15, -0.1) is 11.3 Å². The highest BCUT2D eigenvalue weighted by atomic mass is 32.1. The standard InChI is InChI=1S/C22H20N4OS/c1-16-25-21(15-28-16)22(27)23-13-19-5-2-3-6-20(19)18-9-7-17(8-10-18)14-26-12-4-11-24-26/h2-12,15H,13-14H2,1H3,(H,23,27). The predicted molar refractivity (Wildman–Crippen MR) is 111 cm³/mol. The lowest BCUT2D eigenvalue weighted by atomic mass is 9.98. The Balaban J connectivity index is 1.48. The number of aryl methyl sites for hydroxylation is 1. The van der Waals surface area contributed by atoms with E-state index in [4.69, 9.17) is 0 Å². The van der Waals surface area contributed by atoms with Gasteiger partial charge in [-0.05, 0) is 35.2 Å². The smallest absolute Gasteiger partial charge is 0.271 e. The van der Waals surface area contributed by atoms with Crippen LogP contribution in [0.15, 0.2) is 72.4 Å². The highest BCUT2D eigenvalue weighted by Gasteiger charge is 2.11. The first kappa shape index (κ1) is 18.1. The Morgan fingerprint density at radius 2 is 1.93 bits per heavy atom. The maximum absolute atomic E-state index is 12.3. The minimum atomic E-state index is -0.145. The first-order valence-electron chi connectivity index (χ1n) is 9.04. The third-order valence-electron chi connectivity index (χ3n) is 4.48. The molecular formula is C22H20N4OS. The first-order chi connectivity index (χ1) is 13.7. The molecule has 0 unspecified atom stereocenters. The fourth-order valence-corrected chi connectivity index (χ4v) is 3.65. The van der Waals surface area contributed by atoms with E-state index < -0.39 is 0 Å². The van der Waals surface area contributed by atoms with Gasteiger partial charge >= 0.3 is 0 Å². The molecule has 2 aromatic carbocycles. The molecule has 6 heteroatoms. The monoisotopic (exact) mass is 388 g/mol. The normalized spacial score (nSPS) is 10.8. The minimum absolute atomic E-state index is 0.145. The fourth-order valence-electron chi connectivity index (χ4n) is 3.06. The van der Waals surface area contributed by atoms with Crippen LogP contribution in [0.4, 0.5) is 0 Å². The van der Waals surface area contributed by atoms with Crippen LogP contribution < -0.4 is 5.32 Å². The number of thiazole rings is 1. The molecule has 0 aliphatic carbocycles. The summed E-state index contributed by atoms with van der Waals surface area (Å²) >= 11 is 1.48. The second-order valence-electron chi connectivity index (χ2n) is 6.49. The number of hydrogen-bond donors (Lipinski definition) is 1. The molecule has 0 aliphatic rings. The lowest BCUT2D eigenvalue weighted by molar-refractivity contribution is 0.0946. The topological polar surface area (TPSA) is 59.8 Å². The van der Waals surface area contributed by atoms with E-state index >= 15 is 0 Å². The van der Waals surface area contributed by atoms with E-state index in [0.717, 1.165) is 28.2 Å². The van der Waals surface area contributed by atoms with Crippen molar-refractivity contribution in [2.45, 2.75) is 20.0 Å². The molecule has 0 saturated carbocycles. The van der Waals surface area contributed by atoms with Gasteiger partial charge in [0, 0.05) is 24.3 Å². The summed E-state index contributed by atoms with van der Waals surface area (Å²) in [5.74, 6) is -0.145. The number of hydrogen-bond acceptors (Lipinski definition) is 4. The van der Waals surface area contributed by atoms with Crippen molar-refractivity contribution in [3.63, 3.8) is 0 Å². The average Bonchev–Trinajstić information content (AvgIpc) is 3.39. The minimum Gasteiger partial charge on any atom is -0.347 e. The molecule has 140 valence electrons. The summed E-state index contributed by atoms with van der Waals surface area (Å²) in [5.41, 5.74) is 4.98. The molecule has 5 nitrogen and oxygen atoms in total. The molecule has 1 N–H and O–H groups in total. The number of rotatable bonds is 6. The Morgan fingerprint density at radius 3 is 2.64 bits per heavy atom. The van der Waals surface area contributed by atoms with Gasteiger partial charge in [0.1, 0.15) is 5.69 Å². The van der Waals surface area contributed by atoms with Crippen LogP contribution in [0.3, 0.4) is 0 Å². The Bertz CT molecular complexity index is 1070. The molecule has 0 spiro atoms. The van der Waals surface area contributed by atoms with Gasteiger partial charge in [-0.3, -0.25) is 9.48 Å². The van der Waals surface area contributed by atoms with Crippen molar-refractivity contribution in [2.24, 2.45) is 0 Å².